The average molecular weight is 414 g/mol. The van der Waals surface area contributed by atoms with Crippen LogP contribution in [0.5, 0.6) is 11.5 Å². The van der Waals surface area contributed by atoms with E-state index in [0.29, 0.717) is 36.8 Å². The standard InChI is InChI=1S/C23H31N3O4/c1-25(2)19-7-5-17(6-8-19)22(26-9-11-30-12-10-26)16-24-23(27)18-13-20(28-3)15-21(14-18)29-4/h5-8,13-15,22H,9-12,16H2,1-4H3,(H,24,27). The molecule has 0 saturated carbocycles. The summed E-state index contributed by atoms with van der Waals surface area (Å²) in [5.41, 5.74) is 2.83. The quantitative estimate of drug-likeness (QED) is 0.718. The molecule has 0 radical (unpaired) electrons. The molecular formula is C23H31N3O4. The zero-order valence-corrected chi connectivity index (χ0v) is 18.2. The van der Waals surface area contributed by atoms with Gasteiger partial charge >= 0.3 is 0 Å². The second-order valence-corrected chi connectivity index (χ2v) is 7.46. The van der Waals surface area contributed by atoms with Crippen LogP contribution >= 0.6 is 0 Å². The molecule has 7 heteroatoms. The van der Waals surface area contributed by atoms with Crippen molar-refractivity contribution in [1.82, 2.24) is 10.2 Å². The third kappa shape index (κ3) is 5.43. The minimum atomic E-state index is -0.157. The van der Waals surface area contributed by atoms with Gasteiger partial charge in [-0.2, -0.15) is 0 Å². The molecule has 1 unspecified atom stereocenters. The number of nitrogens with one attached hydrogen (secondary N) is 1. The van der Waals surface area contributed by atoms with Crippen molar-refractivity contribution in [3.8, 4) is 11.5 Å². The number of carbonyl (C=O) groups excluding carboxylic acids is 1. The molecule has 0 aliphatic carbocycles. The summed E-state index contributed by atoms with van der Waals surface area (Å²) in [7, 11) is 7.19. The summed E-state index contributed by atoms with van der Waals surface area (Å²) in [6, 6.07) is 13.7. The zero-order chi connectivity index (χ0) is 21.5. The van der Waals surface area contributed by atoms with Gasteiger partial charge in [-0.25, -0.2) is 0 Å². The van der Waals surface area contributed by atoms with Crippen molar-refractivity contribution in [3.63, 3.8) is 0 Å². The highest BCUT2D eigenvalue weighted by molar-refractivity contribution is 5.95. The molecule has 1 aliphatic rings. The lowest BCUT2D eigenvalue weighted by molar-refractivity contribution is 0.0162. The molecule has 1 amide bonds. The molecule has 1 atom stereocenters. The highest BCUT2D eigenvalue weighted by Crippen LogP contribution is 2.25. The van der Waals surface area contributed by atoms with Crippen LogP contribution in [0.15, 0.2) is 42.5 Å². The first kappa shape index (κ1) is 21.9. The van der Waals surface area contributed by atoms with Crippen LogP contribution in [0.25, 0.3) is 0 Å². The minimum absolute atomic E-state index is 0.0709. The molecule has 7 nitrogen and oxygen atoms in total. The Balaban J connectivity index is 1.77. The summed E-state index contributed by atoms with van der Waals surface area (Å²) in [6.45, 7) is 3.58. The second kappa shape index (κ2) is 10.3. The topological polar surface area (TPSA) is 63.3 Å². The maximum Gasteiger partial charge on any atom is 0.251 e. The monoisotopic (exact) mass is 413 g/mol. The smallest absolute Gasteiger partial charge is 0.251 e. The van der Waals surface area contributed by atoms with Crippen molar-refractivity contribution in [2.75, 3.05) is 66.1 Å². The first-order valence-corrected chi connectivity index (χ1v) is 10.1. The van der Waals surface area contributed by atoms with Crippen LogP contribution in [0, 0.1) is 0 Å². The Morgan fingerprint density at radius 3 is 2.20 bits per heavy atom. The Labute approximate surface area is 178 Å². The molecule has 1 saturated heterocycles. The predicted octanol–water partition coefficient (Wildman–Crippen LogP) is 2.57. The van der Waals surface area contributed by atoms with E-state index in [1.807, 2.05) is 14.1 Å². The molecule has 162 valence electrons. The van der Waals surface area contributed by atoms with Crippen LogP contribution in [0.1, 0.15) is 22.0 Å². The summed E-state index contributed by atoms with van der Waals surface area (Å²) >= 11 is 0. The number of carbonyl (C=O) groups is 1. The number of ether oxygens (including phenoxy) is 3. The molecule has 0 bridgehead atoms. The Morgan fingerprint density at radius 2 is 1.67 bits per heavy atom. The minimum Gasteiger partial charge on any atom is -0.497 e. The second-order valence-electron chi connectivity index (χ2n) is 7.46. The Bertz CT molecular complexity index is 811. The van der Waals surface area contributed by atoms with E-state index in [1.165, 1.54) is 5.56 Å². The van der Waals surface area contributed by atoms with Gasteiger partial charge in [0.15, 0.2) is 0 Å². The maximum absolute atomic E-state index is 12.9. The number of anilines is 1. The maximum atomic E-state index is 12.9. The SMILES string of the molecule is COc1cc(OC)cc(C(=O)NCC(c2ccc(N(C)C)cc2)N2CCOCC2)c1. The molecule has 2 aromatic carbocycles. The van der Waals surface area contributed by atoms with Crippen molar-refractivity contribution >= 4 is 11.6 Å². The fraction of sp³-hybridized carbons (Fsp3) is 0.435. The average Bonchev–Trinajstić information content (AvgIpc) is 2.79. The van der Waals surface area contributed by atoms with Gasteiger partial charge in [0.1, 0.15) is 11.5 Å². The molecule has 1 N–H and O–H groups in total. The van der Waals surface area contributed by atoms with E-state index in [1.54, 1.807) is 32.4 Å². The van der Waals surface area contributed by atoms with Gasteiger partial charge in [0.25, 0.3) is 5.91 Å². The normalized spacial score (nSPS) is 15.3. The summed E-state index contributed by atoms with van der Waals surface area (Å²) in [4.78, 5) is 17.3. The van der Waals surface area contributed by atoms with Gasteiger partial charge in [-0.3, -0.25) is 9.69 Å². The number of nitrogens with zero attached hydrogens (tertiary/aromatic N) is 2. The van der Waals surface area contributed by atoms with Gasteiger partial charge in [-0.05, 0) is 29.8 Å². The van der Waals surface area contributed by atoms with E-state index in [4.69, 9.17) is 14.2 Å². The van der Waals surface area contributed by atoms with Crippen LogP contribution in [0.4, 0.5) is 5.69 Å². The first-order chi connectivity index (χ1) is 14.5. The highest BCUT2D eigenvalue weighted by Gasteiger charge is 2.23. The van der Waals surface area contributed by atoms with Crippen molar-refractivity contribution in [3.05, 3.63) is 53.6 Å². The fourth-order valence-corrected chi connectivity index (χ4v) is 3.57. The number of rotatable bonds is 8. The van der Waals surface area contributed by atoms with E-state index >= 15 is 0 Å². The Hall–Kier alpha value is -2.77. The van der Waals surface area contributed by atoms with Gasteiger partial charge in [-0.1, -0.05) is 12.1 Å². The van der Waals surface area contributed by atoms with Crippen LogP contribution in [-0.4, -0.2) is 72.0 Å². The number of methoxy groups -OCH3 is 2. The van der Waals surface area contributed by atoms with E-state index in [0.717, 1.165) is 18.8 Å². The predicted molar refractivity (Wildman–Crippen MR) is 118 cm³/mol. The summed E-state index contributed by atoms with van der Waals surface area (Å²) in [6.07, 6.45) is 0. The summed E-state index contributed by atoms with van der Waals surface area (Å²) in [5, 5.41) is 3.09. The van der Waals surface area contributed by atoms with E-state index < -0.39 is 0 Å². The summed E-state index contributed by atoms with van der Waals surface area (Å²) < 4.78 is 16.1. The summed E-state index contributed by atoms with van der Waals surface area (Å²) in [5.74, 6) is 1.02. The van der Waals surface area contributed by atoms with Crippen LogP contribution in [-0.2, 0) is 4.74 Å². The zero-order valence-electron chi connectivity index (χ0n) is 18.2. The molecule has 1 aliphatic heterocycles. The fourth-order valence-electron chi connectivity index (χ4n) is 3.57. The largest absolute Gasteiger partial charge is 0.497 e. The van der Waals surface area contributed by atoms with E-state index in [9.17, 15) is 4.79 Å². The first-order valence-electron chi connectivity index (χ1n) is 10.1. The van der Waals surface area contributed by atoms with Crippen molar-refractivity contribution in [2.45, 2.75) is 6.04 Å². The van der Waals surface area contributed by atoms with Gasteiger partial charge < -0.3 is 24.4 Å². The van der Waals surface area contributed by atoms with Crippen molar-refractivity contribution in [1.29, 1.82) is 0 Å². The lowest BCUT2D eigenvalue weighted by Crippen LogP contribution is -2.43. The van der Waals surface area contributed by atoms with E-state index in [2.05, 4.69) is 39.4 Å². The van der Waals surface area contributed by atoms with Gasteiger partial charge in [0.05, 0.1) is 33.5 Å². The van der Waals surface area contributed by atoms with Crippen LogP contribution in [0.3, 0.4) is 0 Å². The lowest BCUT2D eigenvalue weighted by Gasteiger charge is -2.35. The van der Waals surface area contributed by atoms with Crippen LogP contribution in [0.2, 0.25) is 0 Å². The highest BCUT2D eigenvalue weighted by atomic mass is 16.5. The number of amides is 1. The molecule has 3 rings (SSSR count). The molecule has 1 heterocycles. The molecule has 0 spiro atoms. The molecule has 0 aromatic heterocycles. The van der Waals surface area contributed by atoms with Crippen LogP contribution < -0.4 is 19.7 Å². The number of morpholine rings is 1. The third-order valence-electron chi connectivity index (χ3n) is 5.35. The Morgan fingerprint density at radius 1 is 1.07 bits per heavy atom. The van der Waals surface area contributed by atoms with Crippen molar-refractivity contribution in [2.24, 2.45) is 0 Å². The third-order valence-corrected chi connectivity index (χ3v) is 5.35. The van der Waals surface area contributed by atoms with Gasteiger partial charge in [0, 0.05) is 51.0 Å². The number of benzene rings is 2. The van der Waals surface area contributed by atoms with Crippen molar-refractivity contribution < 1.29 is 19.0 Å². The van der Waals surface area contributed by atoms with E-state index in [-0.39, 0.29) is 11.9 Å². The molecular weight excluding hydrogens is 382 g/mol. The Kier molecular flexibility index (Phi) is 7.54. The van der Waals surface area contributed by atoms with Gasteiger partial charge in [-0.15, -0.1) is 0 Å². The molecule has 2 aromatic rings. The number of hydrogen-bond donors (Lipinski definition) is 1. The molecule has 1 fully saturated rings. The molecule has 30 heavy (non-hydrogen) atoms. The number of hydrogen-bond acceptors (Lipinski definition) is 6. The lowest BCUT2D eigenvalue weighted by atomic mass is 10.0. The van der Waals surface area contributed by atoms with Gasteiger partial charge in [0.2, 0.25) is 0 Å².